The molecule has 1 fully saturated rings. The van der Waals surface area contributed by atoms with Crippen LogP contribution in [0.2, 0.25) is 0 Å². The minimum absolute atomic E-state index is 0.0353. The Morgan fingerprint density at radius 3 is 2.18 bits per heavy atom. The summed E-state index contributed by atoms with van der Waals surface area (Å²) in [6.45, 7) is 5.80. The van der Waals surface area contributed by atoms with Crippen LogP contribution in [0.4, 0.5) is 34.5 Å². The van der Waals surface area contributed by atoms with E-state index in [2.05, 4.69) is 46.3 Å². The fourth-order valence-corrected chi connectivity index (χ4v) is 16.0. The van der Waals surface area contributed by atoms with E-state index >= 15 is 0 Å². The van der Waals surface area contributed by atoms with Crippen molar-refractivity contribution in [2.24, 2.45) is 7.05 Å². The first-order valence-electron chi connectivity index (χ1n) is 30.0. The summed E-state index contributed by atoms with van der Waals surface area (Å²) in [5, 5.41) is 26.0. The molecule has 3 aromatic carbocycles. The van der Waals surface area contributed by atoms with Crippen molar-refractivity contribution >= 4 is 103 Å². The third kappa shape index (κ3) is 16.3. The quantitative estimate of drug-likeness (QED) is 0.0121. The van der Waals surface area contributed by atoms with E-state index in [4.69, 9.17) is 4.74 Å². The lowest BCUT2D eigenvalue weighted by atomic mass is 9.77. The normalized spacial score (nSPS) is 17.4. The van der Waals surface area contributed by atoms with Crippen molar-refractivity contribution in [1.82, 2.24) is 49.9 Å². The van der Waals surface area contributed by atoms with Gasteiger partial charge in [0.05, 0.1) is 58.1 Å². The van der Waals surface area contributed by atoms with Crippen LogP contribution in [0.25, 0.3) is 11.4 Å². The molecule has 3 aromatic heterocycles. The van der Waals surface area contributed by atoms with Crippen LogP contribution < -0.4 is 25.6 Å². The van der Waals surface area contributed by atoms with Crippen molar-refractivity contribution in [3.8, 4) is 17.1 Å². The number of amides is 2. The Kier molecular flexibility index (Phi) is 21.2. The Hall–Kier alpha value is -8.40. The zero-order valence-electron chi connectivity index (χ0n) is 52.9. The van der Waals surface area contributed by atoms with Crippen molar-refractivity contribution in [3.63, 3.8) is 0 Å². The summed E-state index contributed by atoms with van der Waals surface area (Å²) in [5.41, 5.74) is 0.550. The first-order chi connectivity index (χ1) is 45.0. The summed E-state index contributed by atoms with van der Waals surface area (Å²) >= 11 is 0. The van der Waals surface area contributed by atoms with E-state index < -0.39 is 88.6 Å². The van der Waals surface area contributed by atoms with E-state index in [0.29, 0.717) is 84.2 Å². The summed E-state index contributed by atoms with van der Waals surface area (Å²) < 4.78 is 186. The summed E-state index contributed by atoms with van der Waals surface area (Å²) in [6.07, 6.45) is 14.8. The molecule has 37 heteroatoms. The summed E-state index contributed by atoms with van der Waals surface area (Å²) in [6, 6.07) is 11.2. The van der Waals surface area contributed by atoms with Crippen LogP contribution in [0.1, 0.15) is 106 Å². The van der Waals surface area contributed by atoms with Gasteiger partial charge in [-0.25, -0.2) is 4.98 Å². The number of allylic oxidation sites excluding steroid dienone is 6. The van der Waals surface area contributed by atoms with Gasteiger partial charge in [0.2, 0.25) is 17.5 Å². The maximum absolute atomic E-state index is 13.8. The largest absolute Gasteiger partial charge is 0.494 e. The molecule has 1 saturated heterocycles. The van der Waals surface area contributed by atoms with Crippen LogP contribution in [0.5, 0.6) is 5.75 Å². The first kappa shape index (κ1) is 71.9. The molecule has 32 nitrogen and oxygen atoms in total. The number of hydrogen-bond acceptors (Lipinski definition) is 22. The molecule has 1 atom stereocenters. The van der Waals surface area contributed by atoms with Crippen LogP contribution in [-0.2, 0) is 73.3 Å². The molecule has 8 N–H and O–H groups in total. The zero-order chi connectivity index (χ0) is 69.9. The van der Waals surface area contributed by atoms with Crippen molar-refractivity contribution in [1.29, 1.82) is 0 Å². The van der Waals surface area contributed by atoms with Crippen LogP contribution in [0.15, 0.2) is 118 Å². The third-order valence-corrected chi connectivity index (χ3v) is 21.3. The number of para-hydroxylation sites is 1. The van der Waals surface area contributed by atoms with Gasteiger partial charge >= 0.3 is 0 Å². The molecule has 9 rings (SSSR count). The minimum Gasteiger partial charge on any atom is -0.494 e. The molecule has 0 radical (unpaired) electrons. The predicted octanol–water partition coefficient (Wildman–Crippen LogP) is 5.98. The SMILES string of the molecule is CNC(=O)c1nnc(Nc2cnn(C3CCN(C(=O)CCCCCC4(C)C(=CC=CC=CC5=[N+](CCCS(=O)(=O)O)c6ccc(S(=O)(=O)O)cc6C5(C)C)N(CCCS(=O)(=O)O)c5ccc(S(=O)(=O)O)c(S(=O)(=O)O)c54)CC3)c2)nc1Nc1cccc(-c2ncn(C)n2)c1OC. The molecule has 2 amide bonds. The number of anilines is 5. The molecule has 3 aliphatic heterocycles. The minimum atomic E-state index is -5.47. The lowest BCUT2D eigenvalue weighted by molar-refractivity contribution is -0.437. The number of aromatic nitrogens is 8. The summed E-state index contributed by atoms with van der Waals surface area (Å²) in [4.78, 5) is 36.3. The molecular weight excluding hydrogens is 1350 g/mol. The van der Waals surface area contributed by atoms with Gasteiger partial charge in [0.25, 0.3) is 56.5 Å². The van der Waals surface area contributed by atoms with Crippen LogP contribution in [-0.4, -0.2) is 183 Å². The number of fused-ring (bicyclic) bond motifs is 2. The number of aryl methyl sites for hydroxylation is 1. The van der Waals surface area contributed by atoms with Gasteiger partial charge in [-0.05, 0) is 95.3 Å². The molecule has 3 aliphatic rings. The average molecular weight is 1430 g/mol. The number of piperidine rings is 1. The third-order valence-electron chi connectivity index (χ3n) is 16.9. The maximum Gasteiger partial charge on any atom is 0.296 e. The Morgan fingerprint density at radius 2 is 1.53 bits per heavy atom. The highest BCUT2D eigenvalue weighted by atomic mass is 32.2. The lowest BCUT2D eigenvalue weighted by Gasteiger charge is -2.32. The number of rotatable bonds is 28. The highest BCUT2D eigenvalue weighted by molar-refractivity contribution is 7.89. The molecule has 516 valence electrons. The highest BCUT2D eigenvalue weighted by Gasteiger charge is 2.49. The van der Waals surface area contributed by atoms with Gasteiger partial charge in [0.15, 0.2) is 28.8 Å². The number of nitrogens with one attached hydrogen (secondary N) is 3. The Balaban J connectivity index is 0.898. The first-order valence-corrected chi connectivity index (χ1v) is 37.5. The van der Waals surface area contributed by atoms with Gasteiger partial charge in [0.1, 0.15) is 22.7 Å². The fourth-order valence-electron chi connectivity index (χ4n) is 12.4. The molecule has 0 aliphatic carbocycles. The number of unbranched alkanes of at least 4 members (excludes halogenated alkanes) is 2. The number of nitrogens with zero attached hydrogens (tertiary/aromatic N) is 11. The smallest absolute Gasteiger partial charge is 0.296 e. The van der Waals surface area contributed by atoms with E-state index in [1.165, 1.54) is 43.3 Å². The van der Waals surface area contributed by atoms with E-state index in [9.17, 15) is 74.4 Å². The van der Waals surface area contributed by atoms with E-state index in [0.717, 1.165) is 6.07 Å². The monoisotopic (exact) mass is 1430 g/mol. The van der Waals surface area contributed by atoms with E-state index in [1.54, 1.807) is 114 Å². The zero-order valence-corrected chi connectivity index (χ0v) is 57.0. The molecule has 0 bridgehead atoms. The molecular formula is C59H73N14O18S5+. The second-order valence-electron chi connectivity index (χ2n) is 23.8. The van der Waals surface area contributed by atoms with E-state index in [1.807, 2.05) is 0 Å². The molecule has 1 unspecified atom stereocenters. The summed E-state index contributed by atoms with van der Waals surface area (Å²) in [7, 11) is -19.7. The van der Waals surface area contributed by atoms with Gasteiger partial charge in [-0.15, -0.1) is 10.2 Å². The lowest BCUT2D eigenvalue weighted by Crippen LogP contribution is -2.39. The van der Waals surface area contributed by atoms with Gasteiger partial charge < -0.3 is 30.5 Å². The topological polar surface area (TPSA) is 448 Å². The van der Waals surface area contributed by atoms with Crippen molar-refractivity contribution < 1.29 is 83.8 Å². The standard InChI is InChI=1S/C59H72N14O18S5/c1-58(2)42-34-40(94(82,83)84)21-22-44(42)71(28-14-32-92(76,77)78)47(58)18-9-7-10-19-48-59(3,50-45(72(48)29-15-33-93(79,80)81)23-24-46(95(85,86)87)53(50)96(88,89)90)27-12-8-11-20-49(74)70-30-25-39(26-31-70)73-36-38(35-62-73)63-57-65-55(51(66-67-57)56(75)60-4)64-43-17-13-16-41(52(43)91-6)54-61-37-69(5)68-54/h7,9-10,13,16-19,21-24,34-37,39H,8,11-12,14-15,20,25-33H2,1-6H3,(H7-,60,63,64,65,67,75,76,77,78,79,80,81,82,83,84,85,86,87,88,89,90)/p+1. The number of carbonyl (C=O) groups is 2. The molecule has 6 aromatic rings. The second-order valence-corrected chi connectivity index (χ2v) is 31.1. The van der Waals surface area contributed by atoms with Crippen LogP contribution in [0, 0.1) is 0 Å². The number of carbonyl (C=O) groups excluding carboxylic acids is 2. The number of likely N-dealkylation sites (tertiary alicyclic amines) is 1. The number of hydrogen-bond donors (Lipinski definition) is 8. The van der Waals surface area contributed by atoms with Crippen LogP contribution in [0.3, 0.4) is 0 Å². The van der Waals surface area contributed by atoms with Crippen molar-refractivity contribution in [2.45, 2.75) is 110 Å². The van der Waals surface area contributed by atoms with Crippen molar-refractivity contribution in [3.05, 3.63) is 120 Å². The number of ether oxygens (including phenoxy) is 1. The van der Waals surface area contributed by atoms with Gasteiger partial charge in [-0.2, -0.15) is 61.8 Å². The van der Waals surface area contributed by atoms with Gasteiger partial charge in [-0.1, -0.05) is 37.1 Å². The Bertz CT molecular complexity index is 4740. The number of benzene rings is 3. The number of methoxy groups -OCH3 is 1. The Morgan fingerprint density at radius 1 is 0.812 bits per heavy atom. The van der Waals surface area contributed by atoms with E-state index in [-0.39, 0.29) is 96.4 Å². The summed E-state index contributed by atoms with van der Waals surface area (Å²) in [5.74, 6) is -1.09. The second kappa shape index (κ2) is 28.4. The Labute approximate surface area is 555 Å². The molecule has 6 heterocycles. The van der Waals surface area contributed by atoms with Crippen molar-refractivity contribution in [2.75, 3.05) is 67.4 Å². The molecule has 0 spiro atoms. The highest BCUT2D eigenvalue weighted by Crippen LogP contribution is 2.55. The van der Waals surface area contributed by atoms with Crippen LogP contribution >= 0.6 is 0 Å². The average Bonchev–Trinajstić information content (AvgIpc) is 1.54. The van der Waals surface area contributed by atoms with Gasteiger partial charge in [-0.3, -0.25) is 41.7 Å². The van der Waals surface area contributed by atoms with Gasteiger partial charge in [0, 0.05) is 92.8 Å². The molecule has 0 saturated carbocycles. The molecule has 96 heavy (non-hydrogen) atoms. The fraction of sp³-hybridized carbons (Fsp3) is 0.407. The predicted molar refractivity (Wildman–Crippen MR) is 351 cm³/mol. The maximum atomic E-state index is 13.8.